The Morgan fingerprint density at radius 1 is 1.27 bits per heavy atom. The van der Waals surface area contributed by atoms with Crippen LogP contribution in [0.5, 0.6) is 0 Å². The minimum Gasteiger partial charge on any atom is -0.266 e. The van der Waals surface area contributed by atoms with E-state index in [2.05, 4.69) is 15.5 Å². The molecule has 4 nitrogen and oxygen atoms in total. The molecule has 7 heteroatoms. The first-order valence-corrected chi connectivity index (χ1v) is 9.01. The summed E-state index contributed by atoms with van der Waals surface area (Å²) in [5, 5.41) is 4.88. The minimum absolute atomic E-state index is 0.125. The molecule has 0 aliphatic carbocycles. The zero-order valence-corrected chi connectivity index (χ0v) is 15.4. The lowest BCUT2D eigenvalue weighted by Gasteiger charge is -2.00. The van der Waals surface area contributed by atoms with Crippen LogP contribution in [0.15, 0.2) is 53.6 Å². The van der Waals surface area contributed by atoms with Crippen LogP contribution in [0.4, 0.5) is 4.39 Å². The summed E-state index contributed by atoms with van der Waals surface area (Å²) in [6.45, 7) is 1.78. The van der Waals surface area contributed by atoms with Crippen LogP contribution in [0.3, 0.4) is 0 Å². The maximum absolute atomic E-state index is 13.7. The van der Waals surface area contributed by atoms with E-state index in [0.717, 1.165) is 10.6 Å². The number of amides is 1. The van der Waals surface area contributed by atoms with Crippen LogP contribution in [0.1, 0.15) is 31.5 Å². The van der Waals surface area contributed by atoms with Crippen LogP contribution in [0.2, 0.25) is 5.02 Å². The van der Waals surface area contributed by atoms with Gasteiger partial charge in [-0.1, -0.05) is 48.0 Å². The molecule has 0 bridgehead atoms. The number of halogens is 2. The number of hydrogen-bond donors (Lipinski definition) is 1. The van der Waals surface area contributed by atoms with Crippen molar-refractivity contribution in [3.63, 3.8) is 0 Å². The highest BCUT2D eigenvalue weighted by molar-refractivity contribution is 7.13. The van der Waals surface area contributed by atoms with Crippen LogP contribution in [-0.4, -0.2) is 17.1 Å². The van der Waals surface area contributed by atoms with Crippen molar-refractivity contribution < 1.29 is 9.18 Å². The number of aryl methyl sites for hydroxylation is 1. The highest BCUT2D eigenvalue weighted by Crippen LogP contribution is 2.21. The fourth-order valence-corrected chi connectivity index (χ4v) is 3.55. The Kier molecular flexibility index (Phi) is 5.75. The normalized spacial score (nSPS) is 11.0. The molecule has 0 radical (unpaired) electrons. The van der Waals surface area contributed by atoms with Crippen molar-refractivity contribution in [3.8, 4) is 0 Å². The van der Waals surface area contributed by atoms with Gasteiger partial charge >= 0.3 is 0 Å². The molecule has 3 rings (SSSR count). The van der Waals surface area contributed by atoms with E-state index in [-0.39, 0.29) is 16.5 Å². The van der Waals surface area contributed by atoms with Crippen molar-refractivity contribution in [2.75, 3.05) is 0 Å². The van der Waals surface area contributed by atoms with Crippen molar-refractivity contribution in [2.24, 2.45) is 5.10 Å². The molecule has 0 aliphatic heterocycles. The number of nitrogens with zero attached hydrogens (tertiary/aromatic N) is 2. The lowest BCUT2D eigenvalue weighted by Crippen LogP contribution is -2.17. The third-order valence-corrected chi connectivity index (χ3v) is 5.09. The van der Waals surface area contributed by atoms with Crippen molar-refractivity contribution in [3.05, 3.63) is 86.1 Å². The Balaban J connectivity index is 1.69. The summed E-state index contributed by atoms with van der Waals surface area (Å²) in [6, 6.07) is 14.2. The molecule has 0 fully saturated rings. The highest BCUT2D eigenvalue weighted by atomic mass is 35.5. The molecule has 0 atom stereocenters. The first kappa shape index (κ1) is 18.2. The molecular formula is C19H15ClFN3OS. The average molecular weight is 388 g/mol. The van der Waals surface area contributed by atoms with Gasteiger partial charge in [-0.15, -0.1) is 11.3 Å². The van der Waals surface area contributed by atoms with Gasteiger partial charge < -0.3 is 0 Å². The van der Waals surface area contributed by atoms with Crippen LogP contribution in [0.25, 0.3) is 0 Å². The number of hydrazone groups is 1. The quantitative estimate of drug-likeness (QED) is 0.514. The van der Waals surface area contributed by atoms with Gasteiger partial charge in [0.15, 0.2) is 0 Å². The number of nitrogens with one attached hydrogen (secondary N) is 1. The summed E-state index contributed by atoms with van der Waals surface area (Å²) in [4.78, 5) is 17.2. The van der Waals surface area contributed by atoms with Gasteiger partial charge in [-0.3, -0.25) is 4.79 Å². The van der Waals surface area contributed by atoms with Crippen molar-refractivity contribution >= 4 is 35.1 Å². The molecule has 0 saturated heterocycles. The summed E-state index contributed by atoms with van der Waals surface area (Å²) in [5.74, 6) is -0.891. The SMILES string of the molecule is Cc1nc(Cc2ccccc2)sc1C(=O)NN=Cc1c(F)cccc1Cl. The number of carbonyl (C=O) groups excluding carboxylic acids is 1. The predicted molar refractivity (Wildman–Crippen MR) is 103 cm³/mol. The van der Waals surface area contributed by atoms with Gasteiger partial charge in [-0.25, -0.2) is 14.8 Å². The molecule has 132 valence electrons. The molecule has 0 saturated carbocycles. The Morgan fingerprint density at radius 3 is 2.77 bits per heavy atom. The molecule has 1 amide bonds. The number of benzene rings is 2. The molecule has 3 aromatic rings. The number of thiazole rings is 1. The summed E-state index contributed by atoms with van der Waals surface area (Å²) in [7, 11) is 0. The summed E-state index contributed by atoms with van der Waals surface area (Å²) < 4.78 is 13.7. The molecule has 0 unspecified atom stereocenters. The van der Waals surface area contributed by atoms with E-state index in [4.69, 9.17) is 11.6 Å². The maximum Gasteiger partial charge on any atom is 0.283 e. The summed E-state index contributed by atoms with van der Waals surface area (Å²) in [5.41, 5.74) is 4.28. The number of carbonyl (C=O) groups is 1. The maximum atomic E-state index is 13.7. The smallest absolute Gasteiger partial charge is 0.266 e. The second-order valence-corrected chi connectivity index (χ2v) is 7.01. The topological polar surface area (TPSA) is 54.4 Å². The predicted octanol–water partition coefficient (Wildman–Crippen LogP) is 4.60. The molecule has 2 aromatic carbocycles. The Hall–Kier alpha value is -2.57. The Labute approximate surface area is 159 Å². The Morgan fingerprint density at radius 2 is 2.04 bits per heavy atom. The average Bonchev–Trinajstić information content (AvgIpc) is 2.98. The fraction of sp³-hybridized carbons (Fsp3) is 0.105. The van der Waals surface area contributed by atoms with Gasteiger partial charge in [0.05, 0.1) is 21.9 Å². The van der Waals surface area contributed by atoms with Gasteiger partial charge in [-0.05, 0) is 24.6 Å². The number of rotatable bonds is 5. The minimum atomic E-state index is -0.505. The van der Waals surface area contributed by atoms with Crippen molar-refractivity contribution in [1.82, 2.24) is 10.4 Å². The van der Waals surface area contributed by atoms with Gasteiger partial charge in [0.25, 0.3) is 5.91 Å². The fourth-order valence-electron chi connectivity index (χ4n) is 2.35. The van der Waals surface area contributed by atoms with E-state index in [1.807, 2.05) is 30.3 Å². The molecule has 1 heterocycles. The summed E-state index contributed by atoms with van der Waals surface area (Å²) in [6.07, 6.45) is 1.85. The molecule has 1 aromatic heterocycles. The van der Waals surface area contributed by atoms with E-state index in [1.165, 1.54) is 29.7 Å². The van der Waals surface area contributed by atoms with Crippen LogP contribution < -0.4 is 5.43 Å². The zero-order chi connectivity index (χ0) is 18.5. The largest absolute Gasteiger partial charge is 0.283 e. The van der Waals surface area contributed by atoms with Crippen LogP contribution >= 0.6 is 22.9 Å². The van der Waals surface area contributed by atoms with Gasteiger partial charge in [-0.2, -0.15) is 5.10 Å². The van der Waals surface area contributed by atoms with E-state index in [0.29, 0.717) is 17.0 Å². The van der Waals surface area contributed by atoms with Crippen LogP contribution in [0, 0.1) is 12.7 Å². The lowest BCUT2D eigenvalue weighted by molar-refractivity contribution is 0.0958. The third kappa shape index (κ3) is 4.33. The van der Waals surface area contributed by atoms with E-state index >= 15 is 0 Å². The monoisotopic (exact) mass is 387 g/mol. The standard InChI is InChI=1S/C19H15ClFN3OS/c1-12-18(26-17(23-12)10-13-6-3-2-4-7-13)19(25)24-22-11-14-15(20)8-5-9-16(14)21/h2-9,11H,10H2,1H3,(H,24,25). The first-order valence-electron chi connectivity index (χ1n) is 7.82. The molecule has 0 spiro atoms. The van der Waals surface area contributed by atoms with E-state index in [1.54, 1.807) is 13.0 Å². The second-order valence-electron chi connectivity index (χ2n) is 5.52. The van der Waals surface area contributed by atoms with Gasteiger partial charge in [0.1, 0.15) is 10.7 Å². The van der Waals surface area contributed by atoms with Gasteiger partial charge in [0, 0.05) is 12.0 Å². The van der Waals surface area contributed by atoms with E-state index in [9.17, 15) is 9.18 Å². The van der Waals surface area contributed by atoms with E-state index < -0.39 is 5.82 Å². The summed E-state index contributed by atoms with van der Waals surface area (Å²) >= 11 is 7.23. The number of aromatic nitrogens is 1. The molecule has 0 aliphatic rings. The Bertz CT molecular complexity index is 936. The third-order valence-electron chi connectivity index (χ3n) is 3.60. The molecular weight excluding hydrogens is 373 g/mol. The highest BCUT2D eigenvalue weighted by Gasteiger charge is 2.15. The second kappa shape index (κ2) is 8.21. The zero-order valence-electron chi connectivity index (χ0n) is 13.9. The van der Waals surface area contributed by atoms with Crippen LogP contribution in [-0.2, 0) is 6.42 Å². The number of hydrogen-bond acceptors (Lipinski definition) is 4. The van der Waals surface area contributed by atoms with Crippen molar-refractivity contribution in [2.45, 2.75) is 13.3 Å². The molecule has 1 N–H and O–H groups in total. The lowest BCUT2D eigenvalue weighted by atomic mass is 10.2. The van der Waals surface area contributed by atoms with Crippen molar-refractivity contribution in [1.29, 1.82) is 0 Å². The van der Waals surface area contributed by atoms with Gasteiger partial charge in [0.2, 0.25) is 0 Å². The first-order chi connectivity index (χ1) is 12.5. The molecule has 26 heavy (non-hydrogen) atoms.